The van der Waals surface area contributed by atoms with Crippen LogP contribution in [0.15, 0.2) is 0 Å². The zero-order valence-electron chi connectivity index (χ0n) is 9.34. The summed E-state index contributed by atoms with van der Waals surface area (Å²) >= 11 is 19.6. The molecule has 0 saturated carbocycles. The van der Waals surface area contributed by atoms with E-state index >= 15 is 0 Å². The van der Waals surface area contributed by atoms with E-state index in [1.165, 1.54) is 0 Å². The fourth-order valence-electron chi connectivity index (χ4n) is 0.410. The van der Waals surface area contributed by atoms with Gasteiger partial charge in [-0.1, -0.05) is 95.6 Å². The molecule has 0 rings (SSSR count). The Bertz CT molecular complexity index is 182. The van der Waals surface area contributed by atoms with Gasteiger partial charge in [0.2, 0.25) is 0 Å². The lowest BCUT2D eigenvalue weighted by Gasteiger charge is -1.99. The normalized spacial score (nSPS) is 14.4. The van der Waals surface area contributed by atoms with Crippen LogP contribution in [0.1, 0.15) is 0 Å². The summed E-state index contributed by atoms with van der Waals surface area (Å²) in [5.74, 6) is 0. The molecule has 0 bridgehead atoms. The second-order valence-electron chi connectivity index (χ2n) is 2.70. The minimum atomic E-state index is -2.01. The molecule has 2 unspecified atom stereocenters. The van der Waals surface area contributed by atoms with E-state index in [1.54, 1.807) is 0 Å². The predicted molar refractivity (Wildman–Crippen MR) is 100 cm³/mol. The van der Waals surface area contributed by atoms with Gasteiger partial charge >= 0.3 is 8.25 Å². The summed E-state index contributed by atoms with van der Waals surface area (Å²) in [5.41, 5.74) is 0. The largest absolute Gasteiger partial charge is 0.697 e. The van der Waals surface area contributed by atoms with Gasteiger partial charge in [0.15, 0.2) is 0 Å². The van der Waals surface area contributed by atoms with Gasteiger partial charge in [0.1, 0.15) is 13.2 Å². The van der Waals surface area contributed by atoms with Crippen LogP contribution < -0.4 is 0 Å². The molecule has 0 aliphatic carbocycles. The maximum atomic E-state index is 11.1. The second-order valence-corrected chi connectivity index (χ2v) is 9.13. The van der Waals surface area contributed by atoms with E-state index < -0.39 is 8.25 Å². The number of rotatable bonds is 9. The van der Waals surface area contributed by atoms with E-state index in [9.17, 15) is 4.57 Å². The molecule has 0 N–H and O–H groups in total. The maximum Gasteiger partial charge on any atom is 0.697 e. The molecule has 3 nitrogen and oxygen atoms in total. The Morgan fingerprint density at radius 2 is 1.17 bits per heavy atom. The first-order valence-corrected chi connectivity index (χ1v) is 12.2. The monoisotopic (exact) mass is 663 g/mol. The summed E-state index contributed by atoms with van der Waals surface area (Å²) in [6.07, 6.45) is 0. The van der Waals surface area contributed by atoms with E-state index in [2.05, 4.69) is 95.6 Å². The van der Waals surface area contributed by atoms with Gasteiger partial charge in [-0.25, -0.2) is 0 Å². The van der Waals surface area contributed by atoms with Crippen molar-refractivity contribution >= 4 is 104 Å². The topological polar surface area (TPSA) is 35.5 Å². The standard InChI is InChI=1S/C6H10Br4O3P.C2H4Br2/c7-1-5(9)3-12-14(11)13-4-6(10)2-8;3-1-2-4/h5-6H,1-4H2;1-2H2/q+1;. The molecule has 0 radical (unpaired) electrons. The molecule has 0 fully saturated rings. The number of hydrogen-bond acceptors (Lipinski definition) is 3. The smallest absolute Gasteiger partial charge is 0.118 e. The molecule has 0 aliphatic heterocycles. The zero-order chi connectivity index (χ0) is 14.4. The fraction of sp³-hybridized carbons (Fsp3) is 1.00. The van der Waals surface area contributed by atoms with E-state index in [0.29, 0.717) is 13.2 Å². The molecule has 0 aliphatic rings. The summed E-state index contributed by atoms with van der Waals surface area (Å²) in [6, 6.07) is 0. The average molecular weight is 669 g/mol. The fourth-order valence-corrected chi connectivity index (χ4v) is 2.13. The highest BCUT2D eigenvalue weighted by Crippen LogP contribution is 2.26. The van der Waals surface area contributed by atoms with E-state index in [-0.39, 0.29) is 9.65 Å². The summed E-state index contributed by atoms with van der Waals surface area (Å²) in [5, 5.41) is 3.59. The van der Waals surface area contributed by atoms with Crippen LogP contribution in [0.4, 0.5) is 0 Å². The highest BCUT2D eigenvalue weighted by molar-refractivity contribution is 9.12. The van der Waals surface area contributed by atoms with Crippen LogP contribution in [0.25, 0.3) is 0 Å². The van der Waals surface area contributed by atoms with Crippen LogP contribution in [0.5, 0.6) is 0 Å². The number of hydrogen-bond donors (Lipinski definition) is 0. The van der Waals surface area contributed by atoms with Crippen molar-refractivity contribution in [1.82, 2.24) is 0 Å². The molecule has 10 heteroatoms. The summed E-state index contributed by atoms with van der Waals surface area (Å²) in [6.45, 7) is 0.726. The highest BCUT2D eigenvalue weighted by Gasteiger charge is 2.23. The molecule has 18 heavy (non-hydrogen) atoms. The van der Waals surface area contributed by atoms with Gasteiger partial charge in [-0.05, 0) is 0 Å². The van der Waals surface area contributed by atoms with Gasteiger partial charge in [0.25, 0.3) is 0 Å². The van der Waals surface area contributed by atoms with Crippen LogP contribution in [0, 0.1) is 0 Å². The molecule has 2 atom stereocenters. The van der Waals surface area contributed by atoms with Crippen molar-refractivity contribution in [2.45, 2.75) is 9.65 Å². The van der Waals surface area contributed by atoms with Crippen molar-refractivity contribution in [2.75, 3.05) is 34.5 Å². The maximum absolute atomic E-state index is 11.1. The minimum Gasteiger partial charge on any atom is -0.118 e. The first-order valence-electron chi connectivity index (χ1n) is 4.76. The van der Waals surface area contributed by atoms with Crippen LogP contribution in [0.2, 0.25) is 0 Å². The van der Waals surface area contributed by atoms with Crippen molar-refractivity contribution in [3.8, 4) is 0 Å². The Hall–Kier alpha value is 2.90. The first kappa shape index (κ1) is 23.2. The molecular formula is C8H14Br6O3P+. The molecule has 0 spiro atoms. The highest BCUT2D eigenvalue weighted by atomic mass is 79.9. The molecule has 0 aromatic rings. The lowest BCUT2D eigenvalue weighted by molar-refractivity contribution is 0.232. The minimum absolute atomic E-state index is 0.154. The van der Waals surface area contributed by atoms with E-state index in [4.69, 9.17) is 9.05 Å². The second kappa shape index (κ2) is 18.0. The van der Waals surface area contributed by atoms with E-state index in [0.717, 1.165) is 21.3 Å². The lowest BCUT2D eigenvalue weighted by Crippen LogP contribution is -2.09. The van der Waals surface area contributed by atoms with Crippen molar-refractivity contribution in [2.24, 2.45) is 0 Å². The van der Waals surface area contributed by atoms with Crippen LogP contribution >= 0.6 is 104 Å². The van der Waals surface area contributed by atoms with Crippen molar-refractivity contribution in [3.63, 3.8) is 0 Å². The van der Waals surface area contributed by atoms with Crippen LogP contribution in [0.3, 0.4) is 0 Å². The number of halogens is 6. The molecule has 110 valence electrons. The SMILES string of the molecule is BrCCBr.O=[P+](OCC(Br)CBr)OCC(Br)CBr. The molecule has 0 aromatic carbocycles. The van der Waals surface area contributed by atoms with Gasteiger partial charge in [0.05, 0.1) is 9.65 Å². The number of alkyl halides is 6. The Labute approximate surface area is 160 Å². The van der Waals surface area contributed by atoms with Gasteiger partial charge in [0, 0.05) is 25.9 Å². The molecule has 0 heterocycles. The van der Waals surface area contributed by atoms with Gasteiger partial charge in [-0.2, -0.15) is 0 Å². The predicted octanol–water partition coefficient (Wildman–Crippen LogP) is 5.77. The third-order valence-corrected chi connectivity index (χ3v) is 8.18. The van der Waals surface area contributed by atoms with Crippen molar-refractivity contribution < 1.29 is 13.6 Å². The summed E-state index contributed by atoms with van der Waals surface area (Å²) in [4.78, 5) is 0.307. The van der Waals surface area contributed by atoms with Gasteiger partial charge in [-0.3, -0.25) is 0 Å². The molecule has 0 saturated heterocycles. The Morgan fingerprint density at radius 3 is 1.39 bits per heavy atom. The third kappa shape index (κ3) is 18.9. The van der Waals surface area contributed by atoms with E-state index in [1.807, 2.05) is 0 Å². The van der Waals surface area contributed by atoms with Crippen LogP contribution in [-0.2, 0) is 13.6 Å². The third-order valence-electron chi connectivity index (χ3n) is 1.13. The zero-order valence-corrected chi connectivity index (χ0v) is 19.7. The first-order chi connectivity index (χ1) is 8.51. The molecule has 0 aromatic heterocycles. The summed E-state index contributed by atoms with van der Waals surface area (Å²) in [7, 11) is -2.01. The quantitative estimate of drug-likeness (QED) is 0.231. The molecule has 0 amide bonds. The molecular weight excluding hydrogens is 654 g/mol. The average Bonchev–Trinajstić information content (AvgIpc) is 2.41. The van der Waals surface area contributed by atoms with Crippen molar-refractivity contribution in [3.05, 3.63) is 0 Å². The Morgan fingerprint density at radius 1 is 0.833 bits per heavy atom. The van der Waals surface area contributed by atoms with Gasteiger partial charge in [-0.15, -0.1) is 9.05 Å². The Kier molecular flexibility index (Phi) is 23.1. The lowest BCUT2D eigenvalue weighted by atomic mass is 10.5. The van der Waals surface area contributed by atoms with Crippen LogP contribution in [-0.4, -0.2) is 44.2 Å². The van der Waals surface area contributed by atoms with Gasteiger partial charge < -0.3 is 0 Å². The Balaban J connectivity index is 0. The summed E-state index contributed by atoms with van der Waals surface area (Å²) < 4.78 is 21.0. The van der Waals surface area contributed by atoms with Crippen molar-refractivity contribution in [1.29, 1.82) is 0 Å².